The summed E-state index contributed by atoms with van der Waals surface area (Å²) in [6.45, 7) is 7.13. The summed E-state index contributed by atoms with van der Waals surface area (Å²) in [6, 6.07) is 15.1. The number of amides is 2. The molecule has 2 aromatic carbocycles. The molecule has 0 saturated heterocycles. The van der Waals surface area contributed by atoms with Crippen molar-refractivity contribution in [2.45, 2.75) is 33.1 Å². The number of carbonyl (C=O) groups excluding carboxylic acids is 2. The number of rotatable bonds is 10. The van der Waals surface area contributed by atoms with Crippen LogP contribution in [0.1, 0.15) is 38.7 Å². The van der Waals surface area contributed by atoms with Gasteiger partial charge >= 0.3 is 0 Å². The smallest absolute Gasteiger partial charge is 0.238 e. The Morgan fingerprint density at radius 1 is 0.966 bits per heavy atom. The van der Waals surface area contributed by atoms with Crippen LogP contribution in [0.5, 0.6) is 5.75 Å². The van der Waals surface area contributed by atoms with Crippen molar-refractivity contribution < 1.29 is 14.3 Å². The summed E-state index contributed by atoms with van der Waals surface area (Å²) in [6.07, 6.45) is 1.08. The van der Waals surface area contributed by atoms with Gasteiger partial charge in [-0.1, -0.05) is 39.0 Å². The first-order valence-electron chi connectivity index (χ1n) is 10.0. The lowest BCUT2D eigenvalue weighted by Crippen LogP contribution is -2.38. The third-order valence-electron chi connectivity index (χ3n) is 4.91. The molecule has 1 atom stereocenters. The summed E-state index contributed by atoms with van der Waals surface area (Å²) >= 11 is 0. The second kappa shape index (κ2) is 11.2. The first-order chi connectivity index (χ1) is 13.9. The average molecular weight is 398 g/mol. The summed E-state index contributed by atoms with van der Waals surface area (Å²) in [7, 11) is 1.58. The zero-order valence-corrected chi connectivity index (χ0v) is 17.7. The van der Waals surface area contributed by atoms with E-state index in [1.807, 2.05) is 43.3 Å². The minimum absolute atomic E-state index is 0.133. The van der Waals surface area contributed by atoms with Crippen LogP contribution in [0.3, 0.4) is 0 Å². The molecule has 0 aliphatic rings. The molecule has 0 spiro atoms. The predicted octanol–water partition coefficient (Wildman–Crippen LogP) is 4.11. The van der Waals surface area contributed by atoms with E-state index in [2.05, 4.69) is 24.5 Å². The van der Waals surface area contributed by atoms with Gasteiger partial charge in [0.15, 0.2) is 0 Å². The fourth-order valence-corrected chi connectivity index (χ4v) is 2.92. The van der Waals surface area contributed by atoms with Gasteiger partial charge in [-0.15, -0.1) is 0 Å². The van der Waals surface area contributed by atoms with Crippen molar-refractivity contribution in [2.75, 3.05) is 37.4 Å². The van der Waals surface area contributed by atoms with Gasteiger partial charge in [-0.25, -0.2) is 0 Å². The maximum atomic E-state index is 12.4. The van der Waals surface area contributed by atoms with Crippen molar-refractivity contribution in [3.63, 3.8) is 0 Å². The van der Waals surface area contributed by atoms with Gasteiger partial charge in [0.05, 0.1) is 20.2 Å². The summed E-state index contributed by atoms with van der Waals surface area (Å²) in [5.74, 6) is 0.857. The van der Waals surface area contributed by atoms with Crippen molar-refractivity contribution in [1.29, 1.82) is 0 Å². The predicted molar refractivity (Wildman–Crippen MR) is 118 cm³/mol. The van der Waals surface area contributed by atoms with Crippen molar-refractivity contribution in [2.24, 2.45) is 0 Å². The molecule has 0 aliphatic heterocycles. The molecule has 0 heterocycles. The first kappa shape index (κ1) is 22.4. The molecule has 0 bridgehead atoms. The highest BCUT2D eigenvalue weighted by molar-refractivity contribution is 5.94. The Balaban J connectivity index is 1.86. The largest absolute Gasteiger partial charge is 0.497 e. The summed E-state index contributed by atoms with van der Waals surface area (Å²) in [5.41, 5.74) is 2.69. The fraction of sp³-hybridized carbons (Fsp3) is 0.391. The molecule has 2 N–H and O–H groups in total. The Hall–Kier alpha value is -2.86. The van der Waals surface area contributed by atoms with E-state index >= 15 is 0 Å². The molecule has 6 nitrogen and oxygen atoms in total. The summed E-state index contributed by atoms with van der Waals surface area (Å²) in [4.78, 5) is 26.5. The van der Waals surface area contributed by atoms with Crippen LogP contribution in [-0.4, -0.2) is 43.5 Å². The molecule has 29 heavy (non-hydrogen) atoms. The number of carbonyl (C=O) groups is 2. The number of anilines is 2. The van der Waals surface area contributed by atoms with Gasteiger partial charge in [-0.2, -0.15) is 0 Å². The quantitative estimate of drug-likeness (QED) is 0.633. The second-order valence-electron chi connectivity index (χ2n) is 7.06. The van der Waals surface area contributed by atoms with Crippen molar-refractivity contribution in [3.8, 4) is 5.75 Å². The van der Waals surface area contributed by atoms with E-state index in [1.165, 1.54) is 5.56 Å². The molecule has 0 fully saturated rings. The molecular weight excluding hydrogens is 366 g/mol. The highest BCUT2D eigenvalue weighted by Crippen LogP contribution is 2.20. The number of ether oxygens (including phenoxy) is 1. The Morgan fingerprint density at radius 3 is 2.14 bits per heavy atom. The van der Waals surface area contributed by atoms with Gasteiger partial charge in [-0.05, 0) is 48.7 Å². The Labute approximate surface area is 173 Å². The zero-order chi connectivity index (χ0) is 21.2. The number of hydrogen-bond donors (Lipinski definition) is 2. The zero-order valence-electron chi connectivity index (χ0n) is 17.7. The number of hydrogen-bond acceptors (Lipinski definition) is 4. The van der Waals surface area contributed by atoms with Gasteiger partial charge in [0.1, 0.15) is 5.75 Å². The molecule has 156 valence electrons. The molecule has 2 aromatic rings. The van der Waals surface area contributed by atoms with Gasteiger partial charge < -0.3 is 15.4 Å². The van der Waals surface area contributed by atoms with Crippen LogP contribution in [0.15, 0.2) is 48.5 Å². The molecule has 2 rings (SSSR count). The number of likely N-dealkylation sites (N-methyl/N-ethyl adjacent to an activating group) is 1. The van der Waals surface area contributed by atoms with E-state index in [0.717, 1.165) is 12.1 Å². The Morgan fingerprint density at radius 2 is 1.59 bits per heavy atom. The topological polar surface area (TPSA) is 70.7 Å². The van der Waals surface area contributed by atoms with Crippen LogP contribution >= 0.6 is 0 Å². The standard InChI is InChI=1S/C23H31N3O3/c1-5-17(3)18-10-12-19(13-11-18)24-22(27)15-26(6-2)16-23(28)25-20-8-7-9-21(14-20)29-4/h7-14,17H,5-6,15-16H2,1-4H3,(H,24,27)(H,25,28)/t17-/m0/s1. The number of nitrogens with one attached hydrogen (secondary N) is 2. The first-order valence-corrected chi connectivity index (χ1v) is 10.0. The van der Waals surface area contributed by atoms with E-state index in [0.29, 0.717) is 23.9 Å². The van der Waals surface area contributed by atoms with Crippen LogP contribution < -0.4 is 15.4 Å². The van der Waals surface area contributed by atoms with E-state index in [4.69, 9.17) is 4.74 Å². The SMILES string of the molecule is CC[C@H](C)c1ccc(NC(=O)CN(CC)CC(=O)Nc2cccc(OC)c2)cc1. The summed E-state index contributed by atoms with van der Waals surface area (Å²) < 4.78 is 5.16. The lowest BCUT2D eigenvalue weighted by atomic mass is 9.99. The highest BCUT2D eigenvalue weighted by Gasteiger charge is 2.14. The van der Waals surface area contributed by atoms with Gasteiger partial charge in [-0.3, -0.25) is 14.5 Å². The number of methoxy groups -OCH3 is 1. The van der Waals surface area contributed by atoms with E-state index in [-0.39, 0.29) is 24.9 Å². The molecule has 0 aromatic heterocycles. The maximum absolute atomic E-state index is 12.4. The van der Waals surface area contributed by atoms with Crippen LogP contribution in [0.2, 0.25) is 0 Å². The van der Waals surface area contributed by atoms with Gasteiger partial charge in [0.25, 0.3) is 0 Å². The molecular formula is C23H31N3O3. The van der Waals surface area contributed by atoms with Crippen LogP contribution in [0, 0.1) is 0 Å². The lowest BCUT2D eigenvalue weighted by molar-refractivity contribution is -0.119. The van der Waals surface area contributed by atoms with Crippen LogP contribution in [0.4, 0.5) is 11.4 Å². The normalized spacial score (nSPS) is 11.8. The molecule has 0 radical (unpaired) electrons. The third kappa shape index (κ3) is 7.23. The minimum atomic E-state index is -0.175. The molecule has 0 unspecified atom stereocenters. The average Bonchev–Trinajstić information content (AvgIpc) is 2.73. The van der Waals surface area contributed by atoms with Gasteiger partial charge in [0.2, 0.25) is 11.8 Å². The number of benzene rings is 2. The summed E-state index contributed by atoms with van der Waals surface area (Å²) in [5, 5.41) is 5.73. The Kier molecular flexibility index (Phi) is 8.68. The van der Waals surface area contributed by atoms with Gasteiger partial charge in [0, 0.05) is 17.4 Å². The molecule has 0 aliphatic carbocycles. The van der Waals surface area contributed by atoms with Crippen molar-refractivity contribution >= 4 is 23.2 Å². The van der Waals surface area contributed by atoms with E-state index in [1.54, 1.807) is 24.1 Å². The molecule has 6 heteroatoms. The van der Waals surface area contributed by atoms with E-state index in [9.17, 15) is 9.59 Å². The fourth-order valence-electron chi connectivity index (χ4n) is 2.92. The molecule has 2 amide bonds. The lowest BCUT2D eigenvalue weighted by Gasteiger charge is -2.19. The highest BCUT2D eigenvalue weighted by atomic mass is 16.5. The monoisotopic (exact) mass is 397 g/mol. The molecule has 0 saturated carbocycles. The maximum Gasteiger partial charge on any atom is 0.238 e. The Bertz CT molecular complexity index is 805. The van der Waals surface area contributed by atoms with Crippen molar-refractivity contribution in [3.05, 3.63) is 54.1 Å². The van der Waals surface area contributed by atoms with E-state index < -0.39 is 0 Å². The number of nitrogens with zero attached hydrogens (tertiary/aromatic N) is 1. The van der Waals surface area contributed by atoms with Crippen LogP contribution in [0.25, 0.3) is 0 Å². The van der Waals surface area contributed by atoms with Crippen molar-refractivity contribution in [1.82, 2.24) is 4.90 Å². The minimum Gasteiger partial charge on any atom is -0.497 e. The second-order valence-corrected chi connectivity index (χ2v) is 7.06. The third-order valence-corrected chi connectivity index (χ3v) is 4.91. The van der Waals surface area contributed by atoms with Crippen LogP contribution in [-0.2, 0) is 9.59 Å².